The molecule has 0 saturated heterocycles. The molecular weight excluding hydrogens is 436 g/mol. The quantitative estimate of drug-likeness (QED) is 0.305. The number of halogens is 1. The monoisotopic (exact) mass is 462 g/mol. The number of aromatic nitrogens is 1. The molecule has 0 bridgehead atoms. The predicted molar refractivity (Wildman–Crippen MR) is 133 cm³/mol. The van der Waals surface area contributed by atoms with Crippen LogP contribution in [-0.4, -0.2) is 17.0 Å². The van der Waals surface area contributed by atoms with Gasteiger partial charge >= 0.3 is 0 Å². The molecule has 1 heterocycles. The fourth-order valence-corrected chi connectivity index (χ4v) is 3.71. The van der Waals surface area contributed by atoms with Crippen molar-refractivity contribution in [3.05, 3.63) is 76.8 Å². The maximum atomic E-state index is 12.9. The molecule has 4 rings (SSSR count). The average molecular weight is 463 g/mol. The normalized spacial score (nSPS) is 12.2. The SMILES string of the molecule is CCC(C)c1ccc2oc(-c3ccc(Cl)c(NC(=O)c4cccc(OC(C)C)c4)c3)nc2c1. The molecule has 1 atom stereocenters. The van der Waals surface area contributed by atoms with E-state index in [-0.39, 0.29) is 12.0 Å². The minimum Gasteiger partial charge on any atom is -0.491 e. The number of hydrogen-bond donors (Lipinski definition) is 1. The first-order valence-corrected chi connectivity index (χ1v) is 11.5. The summed E-state index contributed by atoms with van der Waals surface area (Å²) in [5.74, 6) is 1.29. The molecule has 1 amide bonds. The number of rotatable bonds is 7. The van der Waals surface area contributed by atoms with Crippen molar-refractivity contribution in [3.8, 4) is 17.2 Å². The number of nitrogens with one attached hydrogen (secondary N) is 1. The van der Waals surface area contributed by atoms with E-state index >= 15 is 0 Å². The molecule has 4 aromatic rings. The van der Waals surface area contributed by atoms with Crippen molar-refractivity contribution in [2.24, 2.45) is 0 Å². The van der Waals surface area contributed by atoms with Crippen molar-refractivity contribution in [3.63, 3.8) is 0 Å². The van der Waals surface area contributed by atoms with Gasteiger partial charge in [0.15, 0.2) is 5.58 Å². The standard InChI is InChI=1S/C27H27ClN2O3/c1-5-17(4)18-10-12-25-24(14-18)30-27(33-25)20-9-11-22(28)23(15-20)29-26(31)19-7-6-8-21(13-19)32-16(2)3/h6-17H,5H2,1-4H3,(H,29,31). The molecule has 1 unspecified atom stereocenters. The lowest BCUT2D eigenvalue weighted by Gasteiger charge is -2.12. The van der Waals surface area contributed by atoms with Gasteiger partial charge < -0.3 is 14.5 Å². The van der Waals surface area contributed by atoms with Crippen molar-refractivity contribution >= 4 is 34.3 Å². The van der Waals surface area contributed by atoms with E-state index in [4.69, 9.17) is 20.8 Å². The Morgan fingerprint density at radius 3 is 2.67 bits per heavy atom. The second-order valence-electron chi connectivity index (χ2n) is 8.40. The Kier molecular flexibility index (Phi) is 6.70. The van der Waals surface area contributed by atoms with E-state index in [1.807, 2.05) is 32.0 Å². The molecular formula is C27H27ClN2O3. The summed E-state index contributed by atoms with van der Waals surface area (Å²) in [5.41, 5.74) is 4.46. The van der Waals surface area contributed by atoms with Crippen LogP contribution in [0.3, 0.4) is 0 Å². The van der Waals surface area contributed by atoms with Gasteiger partial charge in [-0.3, -0.25) is 4.79 Å². The number of amides is 1. The highest BCUT2D eigenvalue weighted by molar-refractivity contribution is 6.34. The number of anilines is 1. The highest BCUT2D eigenvalue weighted by atomic mass is 35.5. The van der Waals surface area contributed by atoms with Crippen LogP contribution < -0.4 is 10.1 Å². The Balaban J connectivity index is 1.60. The minimum absolute atomic E-state index is 0.0204. The molecule has 6 heteroatoms. The van der Waals surface area contributed by atoms with E-state index in [1.165, 1.54) is 5.56 Å². The Morgan fingerprint density at radius 2 is 1.91 bits per heavy atom. The maximum absolute atomic E-state index is 12.9. The van der Waals surface area contributed by atoms with Crippen LogP contribution in [0.4, 0.5) is 5.69 Å². The Morgan fingerprint density at radius 1 is 1.09 bits per heavy atom. The number of benzene rings is 3. The highest BCUT2D eigenvalue weighted by Gasteiger charge is 2.15. The summed E-state index contributed by atoms with van der Waals surface area (Å²) >= 11 is 6.38. The largest absolute Gasteiger partial charge is 0.491 e. The molecule has 5 nitrogen and oxygen atoms in total. The van der Waals surface area contributed by atoms with Gasteiger partial charge in [-0.1, -0.05) is 37.6 Å². The third-order valence-corrected chi connectivity index (χ3v) is 5.85. The first kappa shape index (κ1) is 22.9. The van der Waals surface area contributed by atoms with Crippen LogP contribution in [0.2, 0.25) is 5.02 Å². The van der Waals surface area contributed by atoms with E-state index < -0.39 is 0 Å². The van der Waals surface area contributed by atoms with Crippen LogP contribution in [0.1, 0.15) is 56.0 Å². The number of oxazole rings is 1. The lowest BCUT2D eigenvalue weighted by molar-refractivity contribution is 0.102. The van der Waals surface area contributed by atoms with Crippen LogP contribution in [0.15, 0.2) is 65.1 Å². The molecule has 0 fully saturated rings. The third kappa shape index (κ3) is 5.20. The number of hydrogen-bond acceptors (Lipinski definition) is 4. The van der Waals surface area contributed by atoms with Gasteiger partial charge in [0, 0.05) is 11.1 Å². The van der Waals surface area contributed by atoms with Gasteiger partial charge in [0.1, 0.15) is 11.3 Å². The van der Waals surface area contributed by atoms with E-state index in [0.29, 0.717) is 33.8 Å². The summed E-state index contributed by atoms with van der Waals surface area (Å²) < 4.78 is 11.7. The van der Waals surface area contributed by atoms with Crippen molar-refractivity contribution in [2.75, 3.05) is 5.32 Å². The Hall–Kier alpha value is -3.31. The molecule has 3 aromatic carbocycles. The molecule has 0 aliphatic heterocycles. The maximum Gasteiger partial charge on any atom is 0.255 e. The summed E-state index contributed by atoms with van der Waals surface area (Å²) in [5, 5.41) is 3.31. The zero-order valence-corrected chi connectivity index (χ0v) is 19.9. The van der Waals surface area contributed by atoms with Gasteiger partial charge in [0.2, 0.25) is 5.89 Å². The van der Waals surface area contributed by atoms with Crippen LogP contribution in [-0.2, 0) is 0 Å². The summed E-state index contributed by atoms with van der Waals surface area (Å²) in [6.45, 7) is 8.24. The van der Waals surface area contributed by atoms with Gasteiger partial charge in [0.05, 0.1) is 16.8 Å². The zero-order chi connectivity index (χ0) is 23.5. The summed E-state index contributed by atoms with van der Waals surface area (Å²) in [7, 11) is 0. The summed E-state index contributed by atoms with van der Waals surface area (Å²) in [4.78, 5) is 17.5. The summed E-state index contributed by atoms with van der Waals surface area (Å²) in [6.07, 6.45) is 1.08. The average Bonchev–Trinajstić information content (AvgIpc) is 3.23. The third-order valence-electron chi connectivity index (χ3n) is 5.52. The van der Waals surface area contributed by atoms with E-state index in [9.17, 15) is 4.79 Å². The second kappa shape index (κ2) is 9.67. The molecule has 0 aliphatic rings. The van der Waals surface area contributed by atoms with Gasteiger partial charge in [-0.15, -0.1) is 0 Å². The molecule has 0 saturated carbocycles. The molecule has 0 aliphatic carbocycles. The minimum atomic E-state index is -0.279. The van der Waals surface area contributed by atoms with Crippen molar-refractivity contribution in [1.29, 1.82) is 0 Å². The first-order valence-electron chi connectivity index (χ1n) is 11.1. The van der Waals surface area contributed by atoms with Crippen molar-refractivity contribution in [1.82, 2.24) is 4.98 Å². The van der Waals surface area contributed by atoms with Crippen LogP contribution >= 0.6 is 11.6 Å². The molecule has 33 heavy (non-hydrogen) atoms. The second-order valence-corrected chi connectivity index (χ2v) is 8.81. The lowest BCUT2D eigenvalue weighted by atomic mass is 9.98. The molecule has 0 radical (unpaired) electrons. The molecule has 170 valence electrons. The lowest BCUT2D eigenvalue weighted by Crippen LogP contribution is -2.13. The van der Waals surface area contributed by atoms with Gasteiger partial charge in [-0.05, 0) is 80.3 Å². The predicted octanol–water partition coefficient (Wildman–Crippen LogP) is 7.70. The number of fused-ring (bicyclic) bond motifs is 1. The smallest absolute Gasteiger partial charge is 0.255 e. The molecule has 0 spiro atoms. The molecule has 1 aromatic heterocycles. The van der Waals surface area contributed by atoms with E-state index in [1.54, 1.807) is 30.3 Å². The number of carbonyl (C=O) groups excluding carboxylic acids is 1. The zero-order valence-electron chi connectivity index (χ0n) is 19.2. The number of ether oxygens (including phenoxy) is 1. The van der Waals surface area contributed by atoms with Crippen molar-refractivity contribution in [2.45, 2.75) is 46.1 Å². The first-order chi connectivity index (χ1) is 15.8. The van der Waals surface area contributed by atoms with Gasteiger partial charge in [-0.2, -0.15) is 0 Å². The number of nitrogens with zero attached hydrogens (tertiary/aromatic N) is 1. The van der Waals surface area contributed by atoms with E-state index in [2.05, 4.69) is 36.3 Å². The molecule has 1 N–H and O–H groups in total. The van der Waals surface area contributed by atoms with Crippen molar-refractivity contribution < 1.29 is 13.9 Å². The fraction of sp³-hybridized carbons (Fsp3) is 0.259. The topological polar surface area (TPSA) is 64.4 Å². The van der Waals surface area contributed by atoms with Gasteiger partial charge in [-0.25, -0.2) is 4.98 Å². The highest BCUT2D eigenvalue weighted by Crippen LogP contribution is 2.32. The van der Waals surface area contributed by atoms with Crippen LogP contribution in [0.5, 0.6) is 5.75 Å². The number of carbonyl (C=O) groups is 1. The Bertz CT molecular complexity index is 1300. The fourth-order valence-electron chi connectivity index (χ4n) is 3.54. The van der Waals surface area contributed by atoms with Gasteiger partial charge in [0.25, 0.3) is 5.91 Å². The summed E-state index contributed by atoms with van der Waals surface area (Å²) in [6, 6.07) is 18.5. The van der Waals surface area contributed by atoms with E-state index in [0.717, 1.165) is 23.1 Å². The Labute approximate surface area is 198 Å². The van der Waals surface area contributed by atoms with Crippen LogP contribution in [0.25, 0.3) is 22.6 Å². The van der Waals surface area contributed by atoms with Crippen LogP contribution in [0, 0.1) is 0 Å².